The normalized spacial score (nSPS) is 19.7. The molecule has 0 spiro atoms. The number of fused-ring (bicyclic) bond motifs is 1. The van der Waals surface area contributed by atoms with Crippen LogP contribution in [0.1, 0.15) is 19.3 Å². The molecule has 2 aliphatic heterocycles. The number of hydrogen-bond donors (Lipinski definition) is 2. The number of nitrogens with zero attached hydrogens (tertiary/aromatic N) is 4. The summed E-state index contributed by atoms with van der Waals surface area (Å²) in [5.41, 5.74) is 0.886. The lowest BCUT2D eigenvalue weighted by atomic mass is 10.1. The van der Waals surface area contributed by atoms with Gasteiger partial charge in [-0.15, -0.1) is 0 Å². The van der Waals surface area contributed by atoms with E-state index in [-0.39, 0.29) is 33.9 Å². The number of amides is 1. The summed E-state index contributed by atoms with van der Waals surface area (Å²) in [5, 5.41) is 7.45. The molecule has 43 heavy (non-hydrogen) atoms. The van der Waals surface area contributed by atoms with Crippen LogP contribution in [-0.2, 0) is 19.0 Å². The Morgan fingerprint density at radius 3 is 2.42 bits per heavy atom. The van der Waals surface area contributed by atoms with Crippen molar-refractivity contribution in [3.05, 3.63) is 41.0 Å². The maximum Gasteiger partial charge on any atom is 0.252 e. The molecule has 2 aromatic heterocycles. The van der Waals surface area contributed by atoms with Crippen molar-refractivity contribution in [1.29, 1.82) is 0 Å². The van der Waals surface area contributed by atoms with Gasteiger partial charge in [0.25, 0.3) is 5.91 Å². The lowest BCUT2D eigenvalue weighted by Gasteiger charge is -2.45. The summed E-state index contributed by atoms with van der Waals surface area (Å²) in [4.78, 5) is 28.4. The van der Waals surface area contributed by atoms with E-state index in [9.17, 15) is 4.79 Å². The van der Waals surface area contributed by atoms with Crippen molar-refractivity contribution in [2.75, 3.05) is 58.4 Å². The number of rotatable bonds is 10. The molecule has 0 radical (unpaired) electrons. The number of pyridine rings is 1. The number of methoxy groups -OCH3 is 4. The van der Waals surface area contributed by atoms with Gasteiger partial charge in [0.15, 0.2) is 5.82 Å². The van der Waals surface area contributed by atoms with Gasteiger partial charge in [0.05, 0.1) is 66.8 Å². The van der Waals surface area contributed by atoms with E-state index in [1.54, 1.807) is 26.5 Å². The van der Waals surface area contributed by atoms with E-state index in [0.717, 1.165) is 12.8 Å². The van der Waals surface area contributed by atoms with E-state index in [2.05, 4.69) is 22.2 Å². The molecule has 230 valence electrons. The lowest BCUT2D eigenvalue weighted by Crippen LogP contribution is -2.55. The Hall–Kier alpha value is -3.42. The predicted octanol–water partition coefficient (Wildman–Crippen LogP) is 4.43. The molecule has 2 saturated heterocycles. The van der Waals surface area contributed by atoms with Crippen molar-refractivity contribution in [2.45, 2.75) is 37.3 Å². The minimum atomic E-state index is -1.06. The van der Waals surface area contributed by atoms with Gasteiger partial charge in [0, 0.05) is 38.6 Å². The highest BCUT2D eigenvalue weighted by Gasteiger charge is 2.42. The van der Waals surface area contributed by atoms with Crippen LogP contribution in [0.2, 0.25) is 10.0 Å². The van der Waals surface area contributed by atoms with E-state index >= 15 is 0 Å². The van der Waals surface area contributed by atoms with E-state index in [1.165, 1.54) is 20.3 Å². The molecule has 2 fully saturated rings. The predicted molar refractivity (Wildman–Crippen MR) is 164 cm³/mol. The van der Waals surface area contributed by atoms with Crippen molar-refractivity contribution < 1.29 is 28.5 Å². The summed E-state index contributed by atoms with van der Waals surface area (Å²) in [6.07, 6.45) is 5.30. The first-order chi connectivity index (χ1) is 20.8. The first-order valence-electron chi connectivity index (χ1n) is 13.7. The minimum Gasteiger partial charge on any atom is -0.495 e. The summed E-state index contributed by atoms with van der Waals surface area (Å²) in [6, 6.07) is 2.99. The summed E-state index contributed by atoms with van der Waals surface area (Å²) in [6.45, 7) is 4.89. The molecule has 0 unspecified atom stereocenters. The number of aromatic nitrogens is 3. The fraction of sp³-hybridized carbons (Fsp3) is 0.448. The van der Waals surface area contributed by atoms with Crippen LogP contribution >= 0.6 is 23.2 Å². The molecular weight excluding hydrogens is 599 g/mol. The molecule has 3 aromatic rings. The van der Waals surface area contributed by atoms with Gasteiger partial charge in [0.1, 0.15) is 23.1 Å². The molecule has 1 aromatic carbocycles. The molecule has 1 amide bonds. The van der Waals surface area contributed by atoms with Gasteiger partial charge in [-0.1, -0.05) is 29.8 Å². The second kappa shape index (κ2) is 13.1. The number of anilines is 2. The third kappa shape index (κ3) is 5.89. The number of halogens is 2. The molecule has 2 N–H and O–H groups in total. The summed E-state index contributed by atoms with van der Waals surface area (Å²) in [5.74, 6) is 0.728. The van der Waals surface area contributed by atoms with E-state index < -0.39 is 5.91 Å². The average molecular weight is 634 g/mol. The molecule has 14 heteroatoms. The number of hydrogen-bond acceptors (Lipinski definition) is 11. The highest BCUT2D eigenvalue weighted by molar-refractivity contribution is 6.41. The van der Waals surface area contributed by atoms with E-state index in [1.807, 2.05) is 11.0 Å². The third-order valence-electron chi connectivity index (χ3n) is 7.72. The Labute approximate surface area is 259 Å². The molecule has 0 aliphatic carbocycles. The number of piperidine rings is 1. The van der Waals surface area contributed by atoms with Crippen molar-refractivity contribution in [3.8, 4) is 22.9 Å². The highest BCUT2D eigenvalue weighted by Crippen LogP contribution is 2.46. The minimum absolute atomic E-state index is 0.216. The Morgan fingerprint density at radius 2 is 1.77 bits per heavy atom. The standard InChI is InChI=1S/C29H34Cl2N6O6/c1-6-23(38)34-19-15-43-14-18(19)33-22-11-16-17(13-32-22)35-27(24-25(30)20(39-2)12-21(40-3)26(24)31)36-28(16)37-10-8-7-9-29(37,41-4)42-5/h6,11-13,18-19H,1,7-10,14-15H2,2-5H3,(H,32,33)(H,34,38)/t18-,19+/m1/s1. The van der Waals surface area contributed by atoms with Gasteiger partial charge < -0.3 is 39.2 Å². The van der Waals surface area contributed by atoms with Crippen molar-refractivity contribution in [3.63, 3.8) is 0 Å². The average Bonchev–Trinajstić information content (AvgIpc) is 3.46. The largest absolute Gasteiger partial charge is 0.495 e. The molecule has 12 nitrogen and oxygen atoms in total. The summed E-state index contributed by atoms with van der Waals surface area (Å²) in [7, 11) is 6.23. The topological polar surface area (TPSA) is 129 Å². The number of nitrogens with one attached hydrogen (secondary N) is 2. The van der Waals surface area contributed by atoms with Crippen LogP contribution in [0.5, 0.6) is 11.5 Å². The monoisotopic (exact) mass is 632 g/mol. The van der Waals surface area contributed by atoms with Crippen molar-refractivity contribution >= 4 is 51.6 Å². The van der Waals surface area contributed by atoms with Crippen molar-refractivity contribution in [2.24, 2.45) is 0 Å². The molecular formula is C29H34Cl2N6O6. The molecule has 5 rings (SSSR count). The highest BCUT2D eigenvalue weighted by atomic mass is 35.5. The summed E-state index contributed by atoms with van der Waals surface area (Å²) >= 11 is 13.6. The second-order valence-electron chi connectivity index (χ2n) is 10.1. The van der Waals surface area contributed by atoms with Crippen LogP contribution in [-0.4, -0.2) is 87.1 Å². The molecule has 2 atom stereocenters. The van der Waals surface area contributed by atoms with Crippen molar-refractivity contribution in [1.82, 2.24) is 20.3 Å². The molecule has 2 aliphatic rings. The molecule has 0 bridgehead atoms. The summed E-state index contributed by atoms with van der Waals surface area (Å²) < 4.78 is 28.5. The van der Waals surface area contributed by atoms with Crippen LogP contribution in [0.4, 0.5) is 11.6 Å². The molecule has 4 heterocycles. The Kier molecular flexibility index (Phi) is 9.42. The van der Waals surface area contributed by atoms with Gasteiger partial charge in [-0.05, 0) is 25.0 Å². The fourth-order valence-corrected chi connectivity index (χ4v) is 6.13. The van der Waals surface area contributed by atoms with Crippen LogP contribution in [0.25, 0.3) is 22.3 Å². The van der Waals surface area contributed by atoms with Gasteiger partial charge in [-0.2, -0.15) is 0 Å². The van der Waals surface area contributed by atoms with E-state index in [4.69, 9.17) is 56.9 Å². The maximum atomic E-state index is 11.9. The zero-order valence-electron chi connectivity index (χ0n) is 24.4. The van der Waals surface area contributed by atoms with Crippen LogP contribution in [0, 0.1) is 0 Å². The van der Waals surface area contributed by atoms with Gasteiger partial charge in [-0.3, -0.25) is 4.79 Å². The van der Waals surface area contributed by atoms with Crippen LogP contribution in [0.15, 0.2) is 31.0 Å². The first kappa shape index (κ1) is 31.0. The smallest absolute Gasteiger partial charge is 0.252 e. The fourth-order valence-electron chi connectivity index (χ4n) is 5.46. The zero-order chi connectivity index (χ0) is 30.7. The number of ether oxygens (including phenoxy) is 5. The van der Waals surface area contributed by atoms with Gasteiger partial charge in [-0.25, -0.2) is 15.0 Å². The Morgan fingerprint density at radius 1 is 1.07 bits per heavy atom. The Balaban J connectivity index is 1.67. The number of benzene rings is 1. The third-order valence-corrected chi connectivity index (χ3v) is 8.47. The lowest BCUT2D eigenvalue weighted by molar-refractivity contribution is -0.217. The van der Waals surface area contributed by atoms with Gasteiger partial charge >= 0.3 is 0 Å². The SMILES string of the molecule is C=CC(=O)N[C@H]1COC[C@H]1Nc1cc2c(N3CCCCC3(OC)OC)nc(-c3c(Cl)c(OC)cc(OC)c3Cl)nc2cn1. The maximum absolute atomic E-state index is 11.9. The van der Waals surface area contributed by atoms with Gasteiger partial charge in [0.2, 0.25) is 5.91 Å². The second-order valence-corrected chi connectivity index (χ2v) is 10.8. The number of carbonyl (C=O) groups is 1. The number of carbonyl (C=O) groups excluding carboxylic acids is 1. The van der Waals surface area contributed by atoms with E-state index in [0.29, 0.717) is 65.8 Å². The van der Waals surface area contributed by atoms with Crippen LogP contribution in [0.3, 0.4) is 0 Å². The quantitative estimate of drug-likeness (QED) is 0.243. The molecule has 0 saturated carbocycles. The van der Waals surface area contributed by atoms with Crippen LogP contribution < -0.4 is 25.0 Å². The first-order valence-corrected chi connectivity index (χ1v) is 14.5. The zero-order valence-corrected chi connectivity index (χ0v) is 25.9. The Bertz CT molecular complexity index is 1490.